The van der Waals surface area contributed by atoms with Crippen LogP contribution in [-0.2, 0) is 11.3 Å². The highest BCUT2D eigenvalue weighted by molar-refractivity contribution is 7.99. The molecule has 2 aromatic carbocycles. The van der Waals surface area contributed by atoms with Crippen molar-refractivity contribution in [1.82, 2.24) is 0 Å². The lowest BCUT2D eigenvalue weighted by Crippen LogP contribution is -2.44. The molecule has 4 nitrogen and oxygen atoms in total. The smallest absolute Gasteiger partial charge is 0.245 e. The number of benzene rings is 2. The molecule has 2 atom stereocenters. The molecule has 0 spiro atoms. The van der Waals surface area contributed by atoms with E-state index in [0.717, 1.165) is 16.1 Å². The summed E-state index contributed by atoms with van der Waals surface area (Å²) >= 11 is 7.55. The number of hydrogen-bond donors (Lipinski definition) is 1. The van der Waals surface area contributed by atoms with Crippen LogP contribution in [0.25, 0.3) is 0 Å². The molecule has 0 fully saturated rings. The van der Waals surface area contributed by atoms with Gasteiger partial charge in [0.2, 0.25) is 5.91 Å². The van der Waals surface area contributed by atoms with Crippen molar-refractivity contribution in [3.05, 3.63) is 58.6 Å². The molecule has 6 heteroatoms. The zero-order valence-electron chi connectivity index (χ0n) is 17.0. The van der Waals surface area contributed by atoms with Crippen LogP contribution in [0.15, 0.2) is 47.4 Å². The Bertz CT molecular complexity index is 898. The first-order chi connectivity index (χ1) is 13.8. The fraction of sp³-hybridized carbons (Fsp3) is 0.391. The zero-order valence-corrected chi connectivity index (χ0v) is 18.6. The number of fused-ring (bicyclic) bond motifs is 1. The summed E-state index contributed by atoms with van der Waals surface area (Å²) in [6.45, 7) is 6.73. The van der Waals surface area contributed by atoms with Gasteiger partial charge in [0.1, 0.15) is 0 Å². The molecule has 1 aliphatic heterocycles. The number of thioether (sulfide) groups is 1. The molecule has 0 bridgehead atoms. The summed E-state index contributed by atoms with van der Waals surface area (Å²) in [5, 5.41) is 0.649. The molecule has 1 heterocycles. The Kier molecular flexibility index (Phi) is 7.04. The average Bonchev–Trinajstić information content (AvgIpc) is 2.81. The maximum atomic E-state index is 13.0. The third-order valence-corrected chi connectivity index (χ3v) is 6.91. The van der Waals surface area contributed by atoms with Gasteiger partial charge in [-0.05, 0) is 41.7 Å². The van der Waals surface area contributed by atoms with Crippen molar-refractivity contribution < 1.29 is 9.59 Å². The van der Waals surface area contributed by atoms with Gasteiger partial charge in [-0.3, -0.25) is 9.59 Å². The number of hydrogen-bond acceptors (Lipinski definition) is 4. The second-order valence-corrected chi connectivity index (χ2v) is 9.50. The lowest BCUT2D eigenvalue weighted by atomic mass is 9.90. The van der Waals surface area contributed by atoms with E-state index in [0.29, 0.717) is 41.1 Å². The van der Waals surface area contributed by atoms with E-state index in [1.807, 2.05) is 42.5 Å². The summed E-state index contributed by atoms with van der Waals surface area (Å²) in [6.07, 6.45) is 0.494. The second kappa shape index (κ2) is 9.33. The van der Waals surface area contributed by atoms with E-state index in [4.69, 9.17) is 17.3 Å². The Morgan fingerprint density at radius 1 is 1.21 bits per heavy atom. The molecule has 2 N–H and O–H groups in total. The third kappa shape index (κ3) is 5.21. The van der Waals surface area contributed by atoms with E-state index in [9.17, 15) is 9.59 Å². The minimum Gasteiger partial charge on any atom is -0.319 e. The fourth-order valence-corrected chi connectivity index (χ4v) is 4.28. The maximum absolute atomic E-state index is 13.0. The Hall–Kier alpha value is -1.82. The van der Waals surface area contributed by atoms with Crippen LogP contribution in [0.3, 0.4) is 0 Å². The number of rotatable bonds is 6. The molecular formula is C23H27ClN2O2S. The lowest BCUT2D eigenvalue weighted by Gasteiger charge is -2.25. The van der Waals surface area contributed by atoms with Gasteiger partial charge >= 0.3 is 0 Å². The van der Waals surface area contributed by atoms with Gasteiger partial charge in [0.15, 0.2) is 5.78 Å². The molecule has 3 rings (SSSR count). The second-order valence-electron chi connectivity index (χ2n) is 8.00. The largest absolute Gasteiger partial charge is 0.319 e. The Morgan fingerprint density at radius 3 is 2.55 bits per heavy atom. The van der Waals surface area contributed by atoms with Crippen LogP contribution in [0.1, 0.15) is 43.1 Å². The van der Waals surface area contributed by atoms with Crippen LogP contribution in [-0.4, -0.2) is 23.5 Å². The molecule has 0 aromatic heterocycles. The number of nitrogens with two attached hydrogens (primary N) is 1. The van der Waals surface area contributed by atoms with E-state index >= 15 is 0 Å². The number of carbonyl (C=O) groups is 2. The molecule has 1 aliphatic rings. The number of halogens is 1. The molecule has 0 aliphatic carbocycles. The number of anilines is 1. The number of ketones is 1. The van der Waals surface area contributed by atoms with Gasteiger partial charge in [-0.15, -0.1) is 11.8 Å². The Labute approximate surface area is 181 Å². The van der Waals surface area contributed by atoms with Crippen LogP contribution in [0.5, 0.6) is 0 Å². The van der Waals surface area contributed by atoms with Crippen molar-refractivity contribution in [1.29, 1.82) is 0 Å². The Morgan fingerprint density at radius 2 is 1.90 bits per heavy atom. The normalized spacial score (nSPS) is 17.8. The van der Waals surface area contributed by atoms with Crippen LogP contribution in [0.2, 0.25) is 5.02 Å². The minimum absolute atomic E-state index is 0.103. The summed E-state index contributed by atoms with van der Waals surface area (Å²) in [7, 11) is 0. The van der Waals surface area contributed by atoms with Crippen molar-refractivity contribution in [2.45, 2.75) is 44.7 Å². The van der Waals surface area contributed by atoms with Gasteiger partial charge in [-0.1, -0.05) is 50.6 Å². The van der Waals surface area contributed by atoms with Crippen LogP contribution >= 0.6 is 23.4 Å². The molecule has 0 saturated heterocycles. The first kappa shape index (κ1) is 21.9. The first-order valence-corrected chi connectivity index (χ1v) is 11.2. The summed E-state index contributed by atoms with van der Waals surface area (Å²) in [5.41, 5.74) is 8.47. The van der Waals surface area contributed by atoms with Gasteiger partial charge < -0.3 is 10.6 Å². The number of nitrogens with zero attached hydrogens (tertiary/aromatic N) is 1. The SMILES string of the molecule is CC(C)C(C)CC(=O)c1ccc2c(c1)N(Cc1ccc(Cl)cc1)C(=O)[C@@H](N)CS2. The number of carbonyl (C=O) groups excluding carboxylic acids is 2. The van der Waals surface area contributed by atoms with E-state index in [-0.39, 0.29) is 11.7 Å². The third-order valence-electron chi connectivity index (χ3n) is 5.47. The van der Waals surface area contributed by atoms with Gasteiger partial charge in [0, 0.05) is 27.7 Å². The molecule has 29 heavy (non-hydrogen) atoms. The fourth-order valence-electron chi connectivity index (χ4n) is 3.18. The molecule has 1 amide bonds. The van der Waals surface area contributed by atoms with Crippen molar-refractivity contribution in [2.24, 2.45) is 17.6 Å². The molecule has 0 saturated carbocycles. The van der Waals surface area contributed by atoms with Crippen LogP contribution in [0, 0.1) is 11.8 Å². The number of Topliss-reactive ketones (excluding diaryl/α,β-unsaturated/α-hetero) is 1. The molecule has 2 aromatic rings. The standard InChI is InChI=1S/C23H27ClN2O2S/c1-14(2)15(3)10-21(27)17-6-9-22-20(11-17)26(23(28)19(25)13-29-22)12-16-4-7-18(24)8-5-16/h4-9,11,14-15,19H,10,12-13,25H2,1-3H3/t15?,19-/m0/s1. The van der Waals surface area contributed by atoms with Gasteiger partial charge in [0.25, 0.3) is 0 Å². The van der Waals surface area contributed by atoms with Gasteiger partial charge in [0.05, 0.1) is 18.3 Å². The number of amides is 1. The van der Waals surface area contributed by atoms with Crippen molar-refractivity contribution in [3.63, 3.8) is 0 Å². The maximum Gasteiger partial charge on any atom is 0.245 e. The van der Waals surface area contributed by atoms with Crippen molar-refractivity contribution in [3.8, 4) is 0 Å². The monoisotopic (exact) mass is 430 g/mol. The van der Waals surface area contributed by atoms with Crippen molar-refractivity contribution >= 4 is 40.7 Å². The molecular weight excluding hydrogens is 404 g/mol. The first-order valence-electron chi connectivity index (χ1n) is 9.87. The summed E-state index contributed by atoms with van der Waals surface area (Å²) in [5.74, 6) is 1.23. The summed E-state index contributed by atoms with van der Waals surface area (Å²) < 4.78 is 0. The highest BCUT2D eigenvalue weighted by atomic mass is 35.5. The highest BCUT2D eigenvalue weighted by Crippen LogP contribution is 2.36. The lowest BCUT2D eigenvalue weighted by molar-refractivity contribution is -0.119. The van der Waals surface area contributed by atoms with E-state index in [1.54, 1.807) is 16.7 Å². The predicted molar refractivity (Wildman–Crippen MR) is 121 cm³/mol. The quantitative estimate of drug-likeness (QED) is 0.642. The molecule has 0 radical (unpaired) electrons. The average molecular weight is 431 g/mol. The van der Waals surface area contributed by atoms with E-state index < -0.39 is 6.04 Å². The minimum atomic E-state index is -0.584. The summed E-state index contributed by atoms with van der Waals surface area (Å²) in [6, 6.07) is 12.5. The molecule has 1 unspecified atom stereocenters. The predicted octanol–water partition coefficient (Wildman–Crippen LogP) is 5.17. The van der Waals surface area contributed by atoms with Crippen molar-refractivity contribution in [2.75, 3.05) is 10.7 Å². The van der Waals surface area contributed by atoms with Gasteiger partial charge in [-0.25, -0.2) is 0 Å². The van der Waals surface area contributed by atoms with E-state index in [2.05, 4.69) is 20.8 Å². The van der Waals surface area contributed by atoms with Crippen LogP contribution in [0.4, 0.5) is 5.69 Å². The molecule has 154 valence electrons. The summed E-state index contributed by atoms with van der Waals surface area (Å²) in [4.78, 5) is 28.5. The van der Waals surface area contributed by atoms with E-state index in [1.165, 1.54) is 0 Å². The topological polar surface area (TPSA) is 63.4 Å². The Balaban J connectivity index is 1.95. The van der Waals surface area contributed by atoms with Crippen LogP contribution < -0.4 is 10.6 Å². The zero-order chi connectivity index (χ0) is 21.1. The highest BCUT2D eigenvalue weighted by Gasteiger charge is 2.29. The van der Waals surface area contributed by atoms with Gasteiger partial charge in [-0.2, -0.15) is 0 Å².